The van der Waals surface area contributed by atoms with Crippen LogP contribution in [0.5, 0.6) is 5.75 Å². The van der Waals surface area contributed by atoms with Gasteiger partial charge in [0.25, 0.3) is 0 Å². The number of pyridine rings is 1. The van der Waals surface area contributed by atoms with Crippen molar-refractivity contribution in [2.45, 2.75) is 19.4 Å². The van der Waals surface area contributed by atoms with Gasteiger partial charge in [-0.05, 0) is 39.7 Å². The quantitative estimate of drug-likeness (QED) is 0.590. The van der Waals surface area contributed by atoms with Gasteiger partial charge in [-0.15, -0.1) is 0 Å². The molecule has 126 valence electrons. The van der Waals surface area contributed by atoms with Gasteiger partial charge in [0.1, 0.15) is 17.9 Å². The number of nitrogens with zero attached hydrogens (tertiary/aromatic N) is 2. The lowest BCUT2D eigenvalue weighted by Crippen LogP contribution is -2.03. The molecule has 2 aromatic heterocycles. The van der Waals surface area contributed by atoms with Crippen LogP contribution < -0.4 is 4.74 Å². The van der Waals surface area contributed by atoms with Crippen LogP contribution in [0.15, 0.2) is 83.3 Å². The summed E-state index contributed by atoms with van der Waals surface area (Å²) in [5.41, 5.74) is 2.12. The third-order valence-corrected chi connectivity index (χ3v) is 4.46. The van der Waals surface area contributed by atoms with Crippen LogP contribution in [0.1, 0.15) is 18.4 Å². The van der Waals surface area contributed by atoms with Gasteiger partial charge in [-0.2, -0.15) is 0 Å². The van der Waals surface area contributed by atoms with Crippen LogP contribution in [-0.4, -0.2) is 9.38 Å². The van der Waals surface area contributed by atoms with Crippen molar-refractivity contribution >= 4 is 21.4 Å². The molecule has 0 saturated heterocycles. The van der Waals surface area contributed by atoms with E-state index in [2.05, 4.69) is 33.0 Å². The van der Waals surface area contributed by atoms with E-state index in [9.17, 15) is 0 Å². The second-order valence-electron chi connectivity index (χ2n) is 5.85. The van der Waals surface area contributed by atoms with Gasteiger partial charge < -0.3 is 13.9 Å². The van der Waals surface area contributed by atoms with Crippen molar-refractivity contribution in [3.05, 3.63) is 88.8 Å². The van der Waals surface area contributed by atoms with Gasteiger partial charge >= 0.3 is 0 Å². The fourth-order valence-corrected chi connectivity index (χ4v) is 3.17. The number of aromatic nitrogens is 2. The molecule has 0 fully saturated rings. The molecular formula is C20H17BrN2O2. The zero-order chi connectivity index (χ0) is 17.1. The van der Waals surface area contributed by atoms with Gasteiger partial charge in [0.15, 0.2) is 5.75 Å². The molecule has 0 bridgehead atoms. The number of hydrogen-bond acceptors (Lipinski definition) is 3. The normalized spacial score (nSPS) is 14.1. The third-order valence-electron chi connectivity index (χ3n) is 4.03. The Morgan fingerprint density at radius 3 is 2.68 bits per heavy atom. The lowest BCUT2D eigenvalue weighted by atomic mass is 10.1. The molecule has 0 atom stereocenters. The van der Waals surface area contributed by atoms with Crippen LogP contribution in [-0.2, 0) is 11.3 Å². The highest BCUT2D eigenvalue weighted by Crippen LogP contribution is 2.29. The zero-order valence-electron chi connectivity index (χ0n) is 13.6. The number of ether oxygens (including phenoxy) is 2. The molecule has 1 aliphatic rings. The Balaban J connectivity index is 1.45. The molecule has 0 N–H and O–H groups in total. The van der Waals surface area contributed by atoms with Gasteiger partial charge in [-0.3, -0.25) is 0 Å². The molecule has 0 aliphatic heterocycles. The summed E-state index contributed by atoms with van der Waals surface area (Å²) >= 11 is 3.51. The average molecular weight is 397 g/mol. The zero-order valence-corrected chi connectivity index (χ0v) is 15.1. The summed E-state index contributed by atoms with van der Waals surface area (Å²) in [4.78, 5) is 4.17. The molecule has 25 heavy (non-hydrogen) atoms. The third kappa shape index (κ3) is 3.77. The van der Waals surface area contributed by atoms with Gasteiger partial charge in [-0.25, -0.2) is 4.98 Å². The molecule has 1 aliphatic carbocycles. The number of allylic oxidation sites excluding steroid dienone is 4. The molecular weight excluding hydrogens is 380 g/mol. The minimum atomic E-state index is 0.596. The summed E-state index contributed by atoms with van der Waals surface area (Å²) in [7, 11) is 0. The Morgan fingerprint density at radius 1 is 1.08 bits per heavy atom. The van der Waals surface area contributed by atoms with Crippen LogP contribution in [0, 0.1) is 0 Å². The van der Waals surface area contributed by atoms with Gasteiger partial charge in [0.05, 0.1) is 18.3 Å². The predicted molar refractivity (Wildman–Crippen MR) is 100 cm³/mol. The van der Waals surface area contributed by atoms with E-state index >= 15 is 0 Å². The van der Waals surface area contributed by atoms with Crippen molar-refractivity contribution in [2.24, 2.45) is 0 Å². The molecule has 0 unspecified atom stereocenters. The average Bonchev–Trinajstić information content (AvgIpc) is 3.10. The van der Waals surface area contributed by atoms with E-state index in [0.29, 0.717) is 6.61 Å². The maximum atomic E-state index is 6.09. The number of halogens is 1. The van der Waals surface area contributed by atoms with E-state index in [1.165, 1.54) is 5.56 Å². The molecule has 0 saturated carbocycles. The smallest absolute Gasteiger partial charge is 0.153 e. The first kappa shape index (κ1) is 16.0. The summed E-state index contributed by atoms with van der Waals surface area (Å²) in [5.74, 6) is 2.70. The molecule has 5 heteroatoms. The van der Waals surface area contributed by atoms with Gasteiger partial charge in [-0.1, -0.05) is 30.3 Å². The Kier molecular flexibility index (Phi) is 4.57. The van der Waals surface area contributed by atoms with Crippen molar-refractivity contribution < 1.29 is 9.47 Å². The molecule has 4 nitrogen and oxygen atoms in total. The van der Waals surface area contributed by atoms with Crippen LogP contribution in [0.4, 0.5) is 0 Å². The first-order valence-electron chi connectivity index (χ1n) is 8.13. The SMILES string of the molecule is Brc1cc(OC2=CC=C(OCc3ccccc3)CC2)c2cncn2c1. The lowest BCUT2D eigenvalue weighted by molar-refractivity contribution is 0.185. The monoisotopic (exact) mass is 396 g/mol. The Hall–Kier alpha value is -2.53. The molecule has 1 aromatic carbocycles. The van der Waals surface area contributed by atoms with E-state index in [-0.39, 0.29) is 0 Å². The molecule has 4 rings (SSSR count). The lowest BCUT2D eigenvalue weighted by Gasteiger charge is -2.17. The van der Waals surface area contributed by atoms with Crippen molar-refractivity contribution in [1.29, 1.82) is 0 Å². The minimum Gasteiger partial charge on any atom is -0.493 e. The van der Waals surface area contributed by atoms with Crippen LogP contribution in [0.25, 0.3) is 5.52 Å². The van der Waals surface area contributed by atoms with E-state index in [1.54, 1.807) is 12.5 Å². The topological polar surface area (TPSA) is 35.8 Å². The predicted octanol–water partition coefficient (Wildman–Crippen LogP) is 5.25. The first-order valence-corrected chi connectivity index (χ1v) is 8.93. The summed E-state index contributed by atoms with van der Waals surface area (Å²) in [6.07, 6.45) is 11.1. The molecule has 0 spiro atoms. The number of imidazole rings is 1. The summed E-state index contributed by atoms with van der Waals surface area (Å²) in [5, 5.41) is 0. The van der Waals surface area contributed by atoms with E-state index in [1.807, 2.05) is 47.0 Å². The molecule has 0 amide bonds. The van der Waals surface area contributed by atoms with Crippen molar-refractivity contribution in [3.63, 3.8) is 0 Å². The fourth-order valence-electron chi connectivity index (χ4n) is 2.75. The Labute approximate surface area is 154 Å². The maximum Gasteiger partial charge on any atom is 0.153 e. The summed E-state index contributed by atoms with van der Waals surface area (Å²) in [6, 6.07) is 12.2. The second-order valence-corrected chi connectivity index (χ2v) is 6.77. The highest BCUT2D eigenvalue weighted by molar-refractivity contribution is 9.10. The van der Waals surface area contributed by atoms with Crippen molar-refractivity contribution in [1.82, 2.24) is 9.38 Å². The highest BCUT2D eigenvalue weighted by atomic mass is 79.9. The maximum absolute atomic E-state index is 6.09. The molecule has 0 radical (unpaired) electrons. The van der Waals surface area contributed by atoms with Crippen LogP contribution in [0.2, 0.25) is 0 Å². The van der Waals surface area contributed by atoms with E-state index < -0.39 is 0 Å². The van der Waals surface area contributed by atoms with Crippen LogP contribution >= 0.6 is 15.9 Å². The number of benzene rings is 1. The van der Waals surface area contributed by atoms with Crippen molar-refractivity contribution in [3.8, 4) is 5.75 Å². The Morgan fingerprint density at radius 2 is 1.88 bits per heavy atom. The summed E-state index contributed by atoms with van der Waals surface area (Å²) < 4.78 is 14.9. The van der Waals surface area contributed by atoms with Crippen molar-refractivity contribution in [2.75, 3.05) is 0 Å². The highest BCUT2D eigenvalue weighted by Gasteiger charge is 2.12. The van der Waals surface area contributed by atoms with E-state index in [4.69, 9.17) is 9.47 Å². The van der Waals surface area contributed by atoms with Gasteiger partial charge in [0.2, 0.25) is 0 Å². The largest absolute Gasteiger partial charge is 0.493 e. The molecule has 2 heterocycles. The molecule has 3 aromatic rings. The Bertz CT molecular complexity index is 945. The summed E-state index contributed by atoms with van der Waals surface area (Å²) in [6.45, 7) is 0.596. The number of hydrogen-bond donors (Lipinski definition) is 0. The fraction of sp³-hybridized carbons (Fsp3) is 0.150. The number of rotatable bonds is 5. The standard InChI is InChI=1S/C20H17BrN2O2/c21-16-10-20(19-11-22-14-23(19)12-16)25-18-8-6-17(7-9-18)24-13-15-4-2-1-3-5-15/h1-6,8,10-12,14H,7,9,13H2. The second kappa shape index (κ2) is 7.15. The number of fused-ring (bicyclic) bond motifs is 1. The minimum absolute atomic E-state index is 0.596. The first-order chi connectivity index (χ1) is 12.3. The van der Waals surface area contributed by atoms with E-state index in [0.717, 1.165) is 40.1 Å². The van der Waals surface area contributed by atoms with Gasteiger partial charge in [0, 0.05) is 23.5 Å². The van der Waals surface area contributed by atoms with Crippen LogP contribution in [0.3, 0.4) is 0 Å².